The average molecular weight is 277 g/mol. The summed E-state index contributed by atoms with van der Waals surface area (Å²) in [4.78, 5) is 5.75. The van der Waals surface area contributed by atoms with Gasteiger partial charge in [-0.2, -0.15) is 0 Å². The number of hydrogen-bond donors (Lipinski definition) is 0. The molecule has 0 N–H and O–H groups in total. The van der Waals surface area contributed by atoms with Crippen molar-refractivity contribution < 1.29 is 0 Å². The van der Waals surface area contributed by atoms with Crippen LogP contribution in [0.1, 0.15) is 19.9 Å². The highest BCUT2D eigenvalue weighted by Crippen LogP contribution is 2.34. The molecule has 18 heavy (non-hydrogen) atoms. The van der Waals surface area contributed by atoms with Gasteiger partial charge in [0.05, 0.1) is 11.0 Å². The van der Waals surface area contributed by atoms with Crippen molar-refractivity contribution in [1.82, 2.24) is 9.55 Å². The summed E-state index contributed by atoms with van der Waals surface area (Å²) in [7, 11) is 0. The van der Waals surface area contributed by atoms with Crippen LogP contribution in [0.2, 0.25) is 5.28 Å². The molecule has 0 atom stereocenters. The van der Waals surface area contributed by atoms with E-state index in [1.807, 2.05) is 0 Å². The second-order valence-corrected chi connectivity index (χ2v) is 5.78. The Labute approximate surface area is 115 Å². The number of imidazole rings is 1. The molecule has 92 valence electrons. The van der Waals surface area contributed by atoms with Crippen molar-refractivity contribution in [3.63, 3.8) is 0 Å². The normalized spacial score (nSPS) is 11.6. The SMILES string of the molecule is CC(C)n1c(Cl)nc2c(-c3cccs3)cccc21. The minimum absolute atomic E-state index is 0.307. The number of para-hydroxylation sites is 1. The number of halogens is 1. The number of fused-ring (bicyclic) bond motifs is 1. The van der Waals surface area contributed by atoms with E-state index >= 15 is 0 Å². The van der Waals surface area contributed by atoms with Crippen molar-refractivity contribution >= 4 is 34.0 Å². The summed E-state index contributed by atoms with van der Waals surface area (Å²) in [6, 6.07) is 10.7. The molecule has 0 aliphatic heterocycles. The standard InChI is InChI=1S/C14H13ClN2S/c1-9(2)17-11-6-3-5-10(12-7-4-8-18-12)13(11)16-14(17)15/h3-9H,1-2H3. The third-order valence-electron chi connectivity index (χ3n) is 2.98. The van der Waals surface area contributed by atoms with Gasteiger partial charge in [0.1, 0.15) is 0 Å². The molecule has 0 bridgehead atoms. The van der Waals surface area contributed by atoms with Gasteiger partial charge in [-0.15, -0.1) is 11.3 Å². The molecule has 0 aliphatic carbocycles. The highest BCUT2D eigenvalue weighted by Gasteiger charge is 2.15. The summed E-state index contributed by atoms with van der Waals surface area (Å²) in [6.45, 7) is 4.23. The summed E-state index contributed by atoms with van der Waals surface area (Å²) in [5, 5.41) is 2.64. The number of nitrogens with zero attached hydrogens (tertiary/aromatic N) is 2. The van der Waals surface area contributed by atoms with E-state index in [-0.39, 0.29) is 0 Å². The maximum absolute atomic E-state index is 6.25. The van der Waals surface area contributed by atoms with Crippen molar-refractivity contribution in [2.45, 2.75) is 19.9 Å². The van der Waals surface area contributed by atoms with Crippen molar-refractivity contribution in [1.29, 1.82) is 0 Å². The van der Waals surface area contributed by atoms with Crippen LogP contribution in [-0.2, 0) is 0 Å². The molecule has 4 heteroatoms. The Morgan fingerprint density at radius 3 is 2.72 bits per heavy atom. The van der Waals surface area contributed by atoms with Crippen LogP contribution < -0.4 is 0 Å². The summed E-state index contributed by atoms with van der Waals surface area (Å²) in [5.41, 5.74) is 3.24. The van der Waals surface area contributed by atoms with E-state index in [1.165, 1.54) is 4.88 Å². The van der Waals surface area contributed by atoms with Crippen LogP contribution in [0.25, 0.3) is 21.5 Å². The van der Waals surface area contributed by atoms with Crippen LogP contribution in [0, 0.1) is 0 Å². The number of hydrogen-bond acceptors (Lipinski definition) is 2. The monoisotopic (exact) mass is 276 g/mol. The molecule has 2 aromatic heterocycles. The third kappa shape index (κ3) is 1.74. The van der Waals surface area contributed by atoms with Crippen LogP contribution in [0.3, 0.4) is 0 Å². The Hall–Kier alpha value is -1.32. The van der Waals surface area contributed by atoms with Crippen LogP contribution in [0.15, 0.2) is 35.7 Å². The van der Waals surface area contributed by atoms with E-state index in [0.29, 0.717) is 11.3 Å². The van der Waals surface area contributed by atoms with Gasteiger partial charge in [-0.25, -0.2) is 4.98 Å². The summed E-state index contributed by atoms with van der Waals surface area (Å²) < 4.78 is 2.06. The summed E-state index contributed by atoms with van der Waals surface area (Å²) in [6.07, 6.45) is 0. The molecule has 0 unspecified atom stereocenters. The number of thiophene rings is 1. The van der Waals surface area contributed by atoms with Gasteiger partial charge in [-0.1, -0.05) is 18.2 Å². The number of rotatable bonds is 2. The van der Waals surface area contributed by atoms with Gasteiger partial charge in [0.15, 0.2) is 0 Å². The lowest BCUT2D eigenvalue weighted by atomic mass is 10.1. The molecule has 2 nitrogen and oxygen atoms in total. The lowest BCUT2D eigenvalue weighted by Gasteiger charge is -2.09. The van der Waals surface area contributed by atoms with Gasteiger partial charge in [0.25, 0.3) is 0 Å². The maximum atomic E-state index is 6.25. The fraction of sp³-hybridized carbons (Fsp3) is 0.214. The van der Waals surface area contributed by atoms with E-state index in [2.05, 4.69) is 59.1 Å². The molecule has 2 heterocycles. The largest absolute Gasteiger partial charge is 0.312 e. The van der Waals surface area contributed by atoms with Crippen molar-refractivity contribution in [3.05, 3.63) is 41.0 Å². The molecule has 0 aliphatic rings. The first kappa shape index (κ1) is 11.8. The smallest absolute Gasteiger partial charge is 0.204 e. The quantitative estimate of drug-likeness (QED) is 0.644. The molecule has 0 fully saturated rings. The van der Waals surface area contributed by atoms with Crippen LogP contribution in [0.5, 0.6) is 0 Å². The Morgan fingerprint density at radius 1 is 1.22 bits per heavy atom. The van der Waals surface area contributed by atoms with Gasteiger partial charge in [-0.05, 0) is 43.0 Å². The van der Waals surface area contributed by atoms with Crippen LogP contribution >= 0.6 is 22.9 Å². The van der Waals surface area contributed by atoms with Crippen molar-refractivity contribution in [2.75, 3.05) is 0 Å². The van der Waals surface area contributed by atoms with E-state index < -0.39 is 0 Å². The van der Waals surface area contributed by atoms with E-state index in [1.54, 1.807) is 11.3 Å². The Morgan fingerprint density at radius 2 is 2.06 bits per heavy atom. The predicted octanol–water partition coefficient (Wildman–Crippen LogP) is 5.00. The molecule has 0 amide bonds. The lowest BCUT2D eigenvalue weighted by molar-refractivity contribution is 0.618. The zero-order valence-electron chi connectivity index (χ0n) is 10.2. The first-order valence-electron chi connectivity index (χ1n) is 5.89. The lowest BCUT2D eigenvalue weighted by Crippen LogP contribution is -1.99. The highest BCUT2D eigenvalue weighted by molar-refractivity contribution is 7.13. The first-order chi connectivity index (χ1) is 8.68. The highest BCUT2D eigenvalue weighted by atomic mass is 35.5. The molecule has 3 aromatic rings. The van der Waals surface area contributed by atoms with E-state index in [4.69, 9.17) is 11.6 Å². The number of benzene rings is 1. The van der Waals surface area contributed by atoms with Gasteiger partial charge in [-0.3, -0.25) is 0 Å². The molecule has 1 aromatic carbocycles. The predicted molar refractivity (Wildman–Crippen MR) is 78.4 cm³/mol. The van der Waals surface area contributed by atoms with Crippen molar-refractivity contribution in [2.24, 2.45) is 0 Å². The topological polar surface area (TPSA) is 17.8 Å². The fourth-order valence-electron chi connectivity index (χ4n) is 2.21. The summed E-state index contributed by atoms with van der Waals surface area (Å²) in [5.74, 6) is 0. The Kier molecular flexibility index (Phi) is 2.88. The van der Waals surface area contributed by atoms with Gasteiger partial charge >= 0.3 is 0 Å². The minimum atomic E-state index is 0.307. The van der Waals surface area contributed by atoms with Crippen molar-refractivity contribution in [3.8, 4) is 10.4 Å². The average Bonchev–Trinajstić information content (AvgIpc) is 2.93. The number of aromatic nitrogens is 2. The molecule has 0 saturated heterocycles. The molecular formula is C14H13ClN2S. The third-order valence-corrected chi connectivity index (χ3v) is 4.15. The molecular weight excluding hydrogens is 264 g/mol. The molecule has 0 spiro atoms. The second-order valence-electron chi connectivity index (χ2n) is 4.50. The Bertz CT molecular complexity index is 683. The van der Waals surface area contributed by atoms with Crippen LogP contribution in [-0.4, -0.2) is 9.55 Å². The minimum Gasteiger partial charge on any atom is -0.312 e. The fourth-order valence-corrected chi connectivity index (χ4v) is 3.33. The van der Waals surface area contributed by atoms with Gasteiger partial charge < -0.3 is 4.57 Å². The van der Waals surface area contributed by atoms with E-state index in [0.717, 1.165) is 16.6 Å². The van der Waals surface area contributed by atoms with E-state index in [9.17, 15) is 0 Å². The zero-order valence-corrected chi connectivity index (χ0v) is 11.8. The summed E-state index contributed by atoms with van der Waals surface area (Å²) >= 11 is 7.97. The molecule has 0 saturated carbocycles. The van der Waals surface area contributed by atoms with Gasteiger partial charge in [0.2, 0.25) is 5.28 Å². The van der Waals surface area contributed by atoms with Crippen LogP contribution in [0.4, 0.5) is 0 Å². The first-order valence-corrected chi connectivity index (χ1v) is 7.14. The van der Waals surface area contributed by atoms with Gasteiger partial charge in [0, 0.05) is 16.5 Å². The second kappa shape index (κ2) is 4.41. The zero-order chi connectivity index (χ0) is 12.7. The molecule has 3 rings (SSSR count). The maximum Gasteiger partial charge on any atom is 0.204 e. The Balaban J connectivity index is 2.33. The molecule has 0 radical (unpaired) electrons.